The van der Waals surface area contributed by atoms with Crippen molar-refractivity contribution >= 4 is 28.6 Å². The number of aromatic nitrogens is 3. The summed E-state index contributed by atoms with van der Waals surface area (Å²) < 4.78 is 5.70. The summed E-state index contributed by atoms with van der Waals surface area (Å²) in [5.41, 5.74) is 7.16. The summed E-state index contributed by atoms with van der Waals surface area (Å²) >= 11 is 0. The number of hydrazone groups is 1. The van der Waals surface area contributed by atoms with Crippen molar-refractivity contribution in [1.29, 1.82) is 0 Å². The fraction of sp³-hybridized carbons (Fsp3) is 0.480. The predicted molar refractivity (Wildman–Crippen MR) is 136 cm³/mol. The van der Waals surface area contributed by atoms with Crippen molar-refractivity contribution in [2.24, 2.45) is 5.10 Å². The molecule has 0 bridgehead atoms. The summed E-state index contributed by atoms with van der Waals surface area (Å²) in [7, 11) is 0. The van der Waals surface area contributed by atoms with Crippen LogP contribution in [0, 0.1) is 13.8 Å². The van der Waals surface area contributed by atoms with E-state index in [-0.39, 0.29) is 12.6 Å². The third-order valence-corrected chi connectivity index (χ3v) is 5.28. The number of hydrogen-bond acceptors (Lipinski definition) is 7. The Morgan fingerprint density at radius 2 is 1.88 bits per heavy atom. The van der Waals surface area contributed by atoms with E-state index in [4.69, 9.17) is 4.74 Å². The van der Waals surface area contributed by atoms with E-state index in [9.17, 15) is 5.11 Å². The summed E-state index contributed by atoms with van der Waals surface area (Å²) in [4.78, 5) is 14.7. The van der Waals surface area contributed by atoms with Gasteiger partial charge in [-0.1, -0.05) is 13.8 Å². The molecule has 0 fully saturated rings. The van der Waals surface area contributed by atoms with Gasteiger partial charge in [0.05, 0.1) is 23.2 Å². The number of benzene rings is 1. The van der Waals surface area contributed by atoms with Gasteiger partial charge in [0.2, 0.25) is 0 Å². The van der Waals surface area contributed by atoms with Crippen molar-refractivity contribution in [2.75, 3.05) is 30.0 Å². The average molecular weight is 453 g/mol. The Kier molecular flexibility index (Phi) is 7.92. The van der Waals surface area contributed by atoms with Crippen LogP contribution in [0.15, 0.2) is 29.4 Å². The van der Waals surface area contributed by atoms with Crippen molar-refractivity contribution < 1.29 is 9.84 Å². The van der Waals surface area contributed by atoms with Crippen LogP contribution in [0.2, 0.25) is 0 Å². The molecule has 0 saturated carbocycles. The van der Waals surface area contributed by atoms with E-state index in [1.807, 2.05) is 18.2 Å². The van der Waals surface area contributed by atoms with Crippen LogP contribution in [0.25, 0.3) is 10.9 Å². The third-order valence-electron chi connectivity index (χ3n) is 5.28. The number of nitrogens with zero attached hydrogens (tertiary/aromatic N) is 4. The molecule has 33 heavy (non-hydrogen) atoms. The van der Waals surface area contributed by atoms with Crippen LogP contribution >= 0.6 is 0 Å². The number of ether oxygens (including phenoxy) is 1. The Labute approximate surface area is 196 Å². The Morgan fingerprint density at radius 1 is 1.15 bits per heavy atom. The molecule has 1 aromatic carbocycles. The molecule has 8 nitrogen and oxygen atoms in total. The lowest BCUT2D eigenvalue weighted by Gasteiger charge is -2.23. The van der Waals surface area contributed by atoms with E-state index in [1.54, 1.807) is 20.1 Å². The summed E-state index contributed by atoms with van der Waals surface area (Å²) in [5.74, 6) is 0.792. The third kappa shape index (κ3) is 6.68. The lowest BCUT2D eigenvalue weighted by molar-refractivity contribution is 0.0250. The van der Waals surface area contributed by atoms with E-state index < -0.39 is 5.60 Å². The number of aliphatic hydroxyl groups is 1. The summed E-state index contributed by atoms with van der Waals surface area (Å²) in [6.45, 7) is 13.7. The zero-order chi connectivity index (χ0) is 24.0. The molecule has 0 aliphatic rings. The molecule has 8 heteroatoms. The molecule has 178 valence electrons. The fourth-order valence-corrected chi connectivity index (χ4v) is 3.55. The molecular formula is C25H36N6O2. The lowest BCUT2D eigenvalue weighted by Crippen LogP contribution is -2.29. The number of fused-ring (bicyclic) bond motifs is 1. The first kappa shape index (κ1) is 24.5. The van der Waals surface area contributed by atoms with Crippen LogP contribution in [0.3, 0.4) is 0 Å². The summed E-state index contributed by atoms with van der Waals surface area (Å²) in [6, 6.07) is 8.26. The molecule has 0 radical (unpaired) electrons. The van der Waals surface area contributed by atoms with Gasteiger partial charge in [0.1, 0.15) is 12.4 Å². The van der Waals surface area contributed by atoms with Crippen molar-refractivity contribution in [1.82, 2.24) is 15.0 Å². The minimum Gasteiger partial charge on any atom is -0.460 e. The maximum Gasteiger partial charge on any atom is 0.319 e. The summed E-state index contributed by atoms with van der Waals surface area (Å²) in [6.07, 6.45) is 3.68. The number of aryl methyl sites for hydroxylation is 2. The smallest absolute Gasteiger partial charge is 0.319 e. The number of nitrogens with one attached hydrogen (secondary N) is 2. The molecule has 3 aromatic rings. The largest absolute Gasteiger partial charge is 0.460 e. The van der Waals surface area contributed by atoms with Crippen molar-refractivity contribution in [3.05, 3.63) is 41.2 Å². The Morgan fingerprint density at radius 3 is 2.55 bits per heavy atom. The minimum atomic E-state index is -0.977. The van der Waals surface area contributed by atoms with Gasteiger partial charge < -0.3 is 19.7 Å². The molecule has 0 saturated heterocycles. The monoisotopic (exact) mass is 452 g/mol. The molecular weight excluding hydrogens is 416 g/mol. The van der Waals surface area contributed by atoms with E-state index in [0.29, 0.717) is 5.69 Å². The van der Waals surface area contributed by atoms with Crippen LogP contribution < -0.4 is 15.1 Å². The van der Waals surface area contributed by atoms with Crippen LogP contribution in [-0.2, 0) is 0 Å². The first-order chi connectivity index (χ1) is 15.7. The van der Waals surface area contributed by atoms with Crippen molar-refractivity contribution in [2.45, 2.75) is 60.0 Å². The molecule has 3 rings (SSSR count). The maximum absolute atomic E-state index is 10.0. The second-order valence-electron chi connectivity index (χ2n) is 9.03. The van der Waals surface area contributed by atoms with E-state index in [0.717, 1.165) is 43.0 Å². The number of aromatic amines is 1. The van der Waals surface area contributed by atoms with Crippen LogP contribution in [-0.4, -0.2) is 51.6 Å². The fourth-order valence-electron chi connectivity index (χ4n) is 3.55. The first-order valence-electron chi connectivity index (χ1n) is 11.6. The van der Waals surface area contributed by atoms with Crippen molar-refractivity contribution in [3.63, 3.8) is 0 Å². The molecule has 0 spiro atoms. The predicted octanol–water partition coefficient (Wildman–Crippen LogP) is 4.80. The molecule has 2 aromatic heterocycles. The highest BCUT2D eigenvalue weighted by atomic mass is 16.5. The number of H-pyrrole nitrogens is 1. The number of anilines is 2. The quantitative estimate of drug-likeness (QED) is 0.286. The minimum absolute atomic E-state index is 0.0995. The SMILES string of the molecule is CCCN(CCC)c1cc(/C=N/Nc2ccc3[nH]c(C)c(C)c3c2)nc(OCC(C)(C)O)n1. The molecule has 2 heterocycles. The lowest BCUT2D eigenvalue weighted by atomic mass is 10.1. The standard InChI is InChI=1S/C25H36N6O2/c1-7-11-31(12-8-2)23-14-20(28-24(29-23)33-16-25(5,6)32)15-26-30-19-9-10-22-21(13-19)17(3)18(4)27-22/h9-10,13-15,27,30,32H,7-8,11-12,16H2,1-6H3/b26-15+. The van der Waals surface area contributed by atoms with Crippen LogP contribution in [0.1, 0.15) is 57.5 Å². The van der Waals surface area contributed by atoms with Gasteiger partial charge >= 0.3 is 6.01 Å². The highest BCUT2D eigenvalue weighted by Crippen LogP contribution is 2.24. The molecule has 0 aliphatic heterocycles. The van der Waals surface area contributed by atoms with Gasteiger partial charge in [-0.25, -0.2) is 0 Å². The average Bonchev–Trinajstić information content (AvgIpc) is 3.05. The maximum atomic E-state index is 10.0. The molecule has 0 aliphatic carbocycles. The second kappa shape index (κ2) is 10.7. The van der Waals surface area contributed by atoms with Gasteiger partial charge in [-0.2, -0.15) is 15.1 Å². The van der Waals surface area contributed by atoms with Gasteiger partial charge in [0.25, 0.3) is 0 Å². The number of rotatable bonds is 11. The Balaban J connectivity index is 1.84. The van der Waals surface area contributed by atoms with E-state index in [1.165, 1.54) is 16.6 Å². The van der Waals surface area contributed by atoms with Gasteiger partial charge in [-0.3, -0.25) is 5.43 Å². The highest BCUT2D eigenvalue weighted by Gasteiger charge is 2.16. The number of hydrogen-bond donors (Lipinski definition) is 3. The Hall–Kier alpha value is -3.13. The van der Waals surface area contributed by atoms with Crippen LogP contribution in [0.5, 0.6) is 6.01 Å². The zero-order valence-electron chi connectivity index (χ0n) is 20.6. The van der Waals surface area contributed by atoms with Crippen LogP contribution in [0.4, 0.5) is 11.5 Å². The van der Waals surface area contributed by atoms with Gasteiger partial charge in [0, 0.05) is 35.8 Å². The molecule has 0 unspecified atom stereocenters. The normalized spacial score (nSPS) is 12.0. The topological polar surface area (TPSA) is 98.7 Å². The van der Waals surface area contributed by atoms with Gasteiger partial charge in [-0.15, -0.1) is 0 Å². The molecule has 3 N–H and O–H groups in total. The molecule has 0 atom stereocenters. The Bertz CT molecular complexity index is 1090. The van der Waals surface area contributed by atoms with E-state index >= 15 is 0 Å². The van der Waals surface area contributed by atoms with Gasteiger partial charge in [-0.05, 0) is 64.3 Å². The summed E-state index contributed by atoms with van der Waals surface area (Å²) in [5, 5.41) is 15.6. The first-order valence-corrected chi connectivity index (χ1v) is 11.6. The highest BCUT2D eigenvalue weighted by molar-refractivity contribution is 5.87. The van der Waals surface area contributed by atoms with Gasteiger partial charge in [0.15, 0.2) is 0 Å². The molecule has 0 amide bonds. The van der Waals surface area contributed by atoms with Crippen molar-refractivity contribution in [3.8, 4) is 6.01 Å². The second-order valence-corrected chi connectivity index (χ2v) is 9.03. The van der Waals surface area contributed by atoms with E-state index in [2.05, 4.69) is 64.1 Å². The zero-order valence-corrected chi connectivity index (χ0v) is 20.6.